The lowest BCUT2D eigenvalue weighted by Gasteiger charge is -1.99. The first-order chi connectivity index (χ1) is 10.7. The molecule has 5 heteroatoms. The van der Waals surface area contributed by atoms with Crippen LogP contribution in [0, 0.1) is 6.92 Å². The summed E-state index contributed by atoms with van der Waals surface area (Å²) >= 11 is 7.40. The Hall–Kier alpha value is -1.78. The molecule has 0 fully saturated rings. The second kappa shape index (κ2) is 6.99. The van der Waals surface area contributed by atoms with Gasteiger partial charge in [0.25, 0.3) is 5.22 Å². The van der Waals surface area contributed by atoms with E-state index in [1.54, 1.807) is 0 Å². The van der Waals surface area contributed by atoms with E-state index in [9.17, 15) is 0 Å². The summed E-state index contributed by atoms with van der Waals surface area (Å²) in [6.45, 7) is 2.07. The molecule has 0 aliphatic carbocycles. The molecule has 1 aromatic heterocycles. The smallest absolute Gasteiger partial charge is 0.276 e. The van der Waals surface area contributed by atoms with Gasteiger partial charge in [-0.05, 0) is 30.2 Å². The zero-order valence-electron chi connectivity index (χ0n) is 12.1. The summed E-state index contributed by atoms with van der Waals surface area (Å²) in [7, 11) is 0. The van der Waals surface area contributed by atoms with Gasteiger partial charge in [0, 0.05) is 10.8 Å². The normalized spacial score (nSPS) is 10.8. The maximum atomic E-state index is 5.87. The van der Waals surface area contributed by atoms with Crippen LogP contribution >= 0.6 is 23.4 Å². The van der Waals surface area contributed by atoms with Crippen LogP contribution in [-0.2, 0) is 12.2 Å². The number of rotatable bonds is 5. The predicted molar refractivity (Wildman–Crippen MR) is 89.3 cm³/mol. The van der Waals surface area contributed by atoms with E-state index in [0.717, 1.165) is 10.8 Å². The molecule has 3 nitrogen and oxygen atoms in total. The minimum atomic E-state index is 0.595. The van der Waals surface area contributed by atoms with E-state index in [-0.39, 0.29) is 0 Å². The van der Waals surface area contributed by atoms with Crippen LogP contribution in [0.3, 0.4) is 0 Å². The number of benzene rings is 2. The van der Waals surface area contributed by atoms with Gasteiger partial charge < -0.3 is 4.42 Å². The minimum absolute atomic E-state index is 0.595. The van der Waals surface area contributed by atoms with Crippen LogP contribution in [0.15, 0.2) is 58.2 Å². The largest absolute Gasteiger partial charge is 0.416 e. The molecule has 3 aromatic rings. The Labute approximate surface area is 138 Å². The number of halogens is 1. The van der Waals surface area contributed by atoms with Crippen LogP contribution in [0.4, 0.5) is 0 Å². The average molecular weight is 331 g/mol. The Morgan fingerprint density at radius 2 is 1.64 bits per heavy atom. The van der Waals surface area contributed by atoms with Gasteiger partial charge in [0.15, 0.2) is 0 Å². The number of hydrogen-bond donors (Lipinski definition) is 0. The predicted octanol–water partition coefficient (Wildman–Crippen LogP) is 4.91. The molecule has 0 spiro atoms. The molecule has 0 N–H and O–H groups in total. The van der Waals surface area contributed by atoms with Crippen molar-refractivity contribution in [3.05, 3.63) is 76.1 Å². The Morgan fingerprint density at radius 3 is 2.36 bits per heavy atom. The summed E-state index contributed by atoms with van der Waals surface area (Å²) < 4.78 is 5.68. The summed E-state index contributed by atoms with van der Waals surface area (Å²) in [5, 5.41) is 9.52. The minimum Gasteiger partial charge on any atom is -0.416 e. The van der Waals surface area contributed by atoms with Crippen LogP contribution in [0.1, 0.15) is 22.6 Å². The molecule has 0 radical (unpaired) electrons. The Morgan fingerprint density at radius 1 is 0.955 bits per heavy atom. The van der Waals surface area contributed by atoms with Crippen LogP contribution in [-0.4, -0.2) is 10.2 Å². The molecule has 0 atom stereocenters. The summed E-state index contributed by atoms with van der Waals surface area (Å²) in [6, 6.07) is 16.1. The molecule has 2 aromatic carbocycles. The number of aromatic nitrogens is 2. The first-order valence-electron chi connectivity index (χ1n) is 6.94. The van der Waals surface area contributed by atoms with Gasteiger partial charge in [-0.1, -0.05) is 65.3 Å². The lowest BCUT2D eigenvalue weighted by Crippen LogP contribution is -1.88. The molecule has 0 saturated heterocycles. The average Bonchev–Trinajstić information content (AvgIpc) is 2.97. The lowest BCUT2D eigenvalue weighted by atomic mass is 10.1. The van der Waals surface area contributed by atoms with Gasteiger partial charge in [-0.2, -0.15) is 0 Å². The molecule has 0 saturated carbocycles. The van der Waals surface area contributed by atoms with Crippen molar-refractivity contribution in [3.63, 3.8) is 0 Å². The van der Waals surface area contributed by atoms with Gasteiger partial charge in [-0.3, -0.25) is 0 Å². The third-order valence-corrected chi connectivity index (χ3v) is 4.34. The standard InChI is InChI=1S/C17H15ClN2OS/c1-12-2-4-13(5-3-12)10-16-19-20-17(21-16)22-11-14-6-8-15(18)9-7-14/h2-9H,10-11H2,1H3. The van der Waals surface area contributed by atoms with Crippen molar-refractivity contribution in [1.29, 1.82) is 0 Å². The SMILES string of the molecule is Cc1ccc(Cc2nnc(SCc3ccc(Cl)cc3)o2)cc1. The molecule has 22 heavy (non-hydrogen) atoms. The lowest BCUT2D eigenvalue weighted by molar-refractivity contribution is 0.420. The van der Waals surface area contributed by atoms with Crippen LogP contribution in [0.5, 0.6) is 0 Å². The Bertz CT molecular complexity index is 738. The molecular weight excluding hydrogens is 316 g/mol. The Kier molecular flexibility index (Phi) is 4.80. The molecule has 0 aliphatic rings. The van der Waals surface area contributed by atoms with Crippen molar-refractivity contribution in [2.24, 2.45) is 0 Å². The second-order valence-corrected chi connectivity index (χ2v) is 6.40. The molecule has 3 rings (SSSR count). The zero-order valence-corrected chi connectivity index (χ0v) is 13.7. The first-order valence-corrected chi connectivity index (χ1v) is 8.30. The molecule has 1 heterocycles. The summed E-state index contributed by atoms with van der Waals surface area (Å²) in [6.07, 6.45) is 0.661. The van der Waals surface area contributed by atoms with Crippen LogP contribution in [0.25, 0.3) is 0 Å². The zero-order chi connectivity index (χ0) is 15.4. The van der Waals surface area contributed by atoms with Crippen molar-refractivity contribution in [2.45, 2.75) is 24.3 Å². The fraction of sp³-hybridized carbons (Fsp3) is 0.176. The fourth-order valence-electron chi connectivity index (χ4n) is 1.97. The van der Waals surface area contributed by atoms with Gasteiger partial charge in [-0.15, -0.1) is 10.2 Å². The molecule has 0 amide bonds. The molecular formula is C17H15ClN2OS. The molecule has 0 aliphatic heterocycles. The number of thioether (sulfide) groups is 1. The van der Waals surface area contributed by atoms with E-state index in [0.29, 0.717) is 17.5 Å². The van der Waals surface area contributed by atoms with E-state index in [2.05, 4.69) is 41.4 Å². The quantitative estimate of drug-likeness (QED) is 0.623. The highest BCUT2D eigenvalue weighted by atomic mass is 35.5. The van der Waals surface area contributed by atoms with Crippen molar-refractivity contribution in [3.8, 4) is 0 Å². The van der Waals surface area contributed by atoms with E-state index in [1.165, 1.54) is 28.5 Å². The third-order valence-electron chi connectivity index (χ3n) is 3.20. The third kappa shape index (κ3) is 4.12. The van der Waals surface area contributed by atoms with Crippen molar-refractivity contribution < 1.29 is 4.42 Å². The Balaban J connectivity index is 1.59. The van der Waals surface area contributed by atoms with Gasteiger partial charge >= 0.3 is 0 Å². The van der Waals surface area contributed by atoms with Crippen LogP contribution in [0.2, 0.25) is 5.02 Å². The van der Waals surface area contributed by atoms with E-state index in [1.807, 2.05) is 24.3 Å². The summed E-state index contributed by atoms with van der Waals surface area (Å²) in [4.78, 5) is 0. The van der Waals surface area contributed by atoms with E-state index >= 15 is 0 Å². The highest BCUT2D eigenvalue weighted by molar-refractivity contribution is 7.98. The van der Waals surface area contributed by atoms with Gasteiger partial charge in [-0.25, -0.2) is 0 Å². The topological polar surface area (TPSA) is 38.9 Å². The summed E-state index contributed by atoms with van der Waals surface area (Å²) in [5.74, 6) is 1.42. The highest BCUT2D eigenvalue weighted by Gasteiger charge is 2.08. The maximum absolute atomic E-state index is 5.87. The summed E-state index contributed by atoms with van der Waals surface area (Å²) in [5.41, 5.74) is 3.59. The fourth-order valence-corrected chi connectivity index (χ4v) is 2.84. The van der Waals surface area contributed by atoms with Crippen molar-refractivity contribution >= 4 is 23.4 Å². The number of aryl methyl sites for hydroxylation is 1. The van der Waals surface area contributed by atoms with E-state index < -0.39 is 0 Å². The van der Waals surface area contributed by atoms with Gasteiger partial charge in [0.2, 0.25) is 5.89 Å². The second-order valence-electron chi connectivity index (χ2n) is 5.04. The first kappa shape index (κ1) is 15.1. The monoisotopic (exact) mass is 330 g/mol. The van der Waals surface area contributed by atoms with E-state index in [4.69, 9.17) is 16.0 Å². The molecule has 0 unspecified atom stereocenters. The molecule has 0 bridgehead atoms. The number of nitrogens with zero attached hydrogens (tertiary/aromatic N) is 2. The van der Waals surface area contributed by atoms with Crippen molar-refractivity contribution in [1.82, 2.24) is 10.2 Å². The maximum Gasteiger partial charge on any atom is 0.276 e. The molecule has 112 valence electrons. The van der Waals surface area contributed by atoms with Gasteiger partial charge in [0.05, 0.1) is 6.42 Å². The van der Waals surface area contributed by atoms with Crippen LogP contribution < -0.4 is 0 Å². The highest BCUT2D eigenvalue weighted by Crippen LogP contribution is 2.23. The number of hydrogen-bond acceptors (Lipinski definition) is 4. The van der Waals surface area contributed by atoms with Gasteiger partial charge in [0.1, 0.15) is 0 Å². The van der Waals surface area contributed by atoms with Crippen molar-refractivity contribution in [2.75, 3.05) is 0 Å².